The average molecular weight is 456 g/mol. The quantitative estimate of drug-likeness (QED) is 0.146. The molecule has 3 amide bonds. The number of carbonyl (C=O) groups is 6. The first-order chi connectivity index (χ1) is 14.9. The number of carbonyl (C=O) groups excluding carboxylic acids is 3. The van der Waals surface area contributed by atoms with Gasteiger partial charge >= 0.3 is 17.9 Å². The molecule has 176 valence electrons. The van der Waals surface area contributed by atoms with E-state index in [2.05, 4.69) is 20.6 Å². The van der Waals surface area contributed by atoms with Crippen LogP contribution in [0.5, 0.6) is 0 Å². The zero-order valence-electron chi connectivity index (χ0n) is 16.9. The molecule has 0 bridgehead atoms. The van der Waals surface area contributed by atoms with Crippen LogP contribution in [-0.2, 0) is 35.2 Å². The molecule has 0 aliphatic heterocycles. The lowest BCUT2D eigenvalue weighted by atomic mass is 10.1. The van der Waals surface area contributed by atoms with Crippen LogP contribution in [0.25, 0.3) is 0 Å². The molecule has 1 rings (SSSR count). The molecule has 32 heavy (non-hydrogen) atoms. The van der Waals surface area contributed by atoms with Crippen molar-refractivity contribution in [3.63, 3.8) is 0 Å². The van der Waals surface area contributed by atoms with E-state index in [1.807, 2.05) is 5.32 Å². The summed E-state index contributed by atoms with van der Waals surface area (Å²) in [5.41, 5.74) is 5.76. The van der Waals surface area contributed by atoms with Gasteiger partial charge in [0, 0.05) is 18.3 Å². The van der Waals surface area contributed by atoms with Gasteiger partial charge in [-0.05, 0) is 6.92 Å². The maximum absolute atomic E-state index is 12.6. The Morgan fingerprint density at radius 3 is 1.88 bits per heavy atom. The van der Waals surface area contributed by atoms with Gasteiger partial charge in [-0.25, -0.2) is 9.78 Å². The smallest absolute Gasteiger partial charge is 0.326 e. The van der Waals surface area contributed by atoms with Crippen molar-refractivity contribution in [3.8, 4) is 0 Å². The predicted octanol–water partition coefficient (Wildman–Crippen LogP) is -3.21. The highest BCUT2D eigenvalue weighted by Gasteiger charge is 2.32. The highest BCUT2D eigenvalue weighted by molar-refractivity contribution is 5.96. The third-order valence-corrected chi connectivity index (χ3v) is 4.03. The van der Waals surface area contributed by atoms with Gasteiger partial charge in [-0.1, -0.05) is 0 Å². The van der Waals surface area contributed by atoms with E-state index in [-0.39, 0.29) is 6.42 Å². The number of aliphatic carboxylic acids is 3. The van der Waals surface area contributed by atoms with Gasteiger partial charge in [0.05, 0.1) is 25.2 Å². The monoisotopic (exact) mass is 456 g/mol. The molecule has 4 unspecified atom stereocenters. The van der Waals surface area contributed by atoms with Crippen molar-refractivity contribution < 1.29 is 44.1 Å². The highest BCUT2D eigenvalue weighted by atomic mass is 16.4. The highest BCUT2D eigenvalue weighted by Crippen LogP contribution is 2.04. The number of aromatic nitrogens is 2. The van der Waals surface area contributed by atoms with Gasteiger partial charge < -0.3 is 42.0 Å². The van der Waals surface area contributed by atoms with Crippen LogP contribution in [-0.4, -0.2) is 85.1 Å². The lowest BCUT2D eigenvalue weighted by Crippen LogP contribution is -2.58. The number of H-pyrrole nitrogens is 1. The molecule has 15 heteroatoms. The second-order valence-electron chi connectivity index (χ2n) is 6.79. The summed E-state index contributed by atoms with van der Waals surface area (Å²) >= 11 is 0. The molecule has 0 radical (unpaired) electrons. The molecule has 0 fully saturated rings. The minimum Gasteiger partial charge on any atom is -0.481 e. The van der Waals surface area contributed by atoms with Gasteiger partial charge in [0.15, 0.2) is 0 Å². The number of nitrogens with two attached hydrogens (primary N) is 1. The molecule has 15 nitrogen and oxygen atoms in total. The summed E-state index contributed by atoms with van der Waals surface area (Å²) in [6.45, 7) is 1.31. The Morgan fingerprint density at radius 2 is 1.41 bits per heavy atom. The summed E-state index contributed by atoms with van der Waals surface area (Å²) in [5, 5.41) is 33.4. The Morgan fingerprint density at radius 1 is 0.906 bits per heavy atom. The molecule has 0 saturated carbocycles. The van der Waals surface area contributed by atoms with Crippen LogP contribution in [0.1, 0.15) is 25.5 Å². The van der Waals surface area contributed by atoms with Crippen molar-refractivity contribution in [2.24, 2.45) is 5.73 Å². The first-order valence-corrected chi connectivity index (χ1v) is 9.21. The van der Waals surface area contributed by atoms with E-state index in [0.717, 1.165) is 0 Å². The number of hydrogen-bond donors (Lipinski definition) is 8. The number of carboxylic acid groups (broad SMARTS) is 3. The lowest BCUT2D eigenvalue weighted by molar-refractivity contribution is -0.147. The number of hydrogen-bond acceptors (Lipinski definition) is 8. The lowest BCUT2D eigenvalue weighted by Gasteiger charge is -2.24. The van der Waals surface area contributed by atoms with Crippen LogP contribution in [0.15, 0.2) is 12.5 Å². The Bertz CT molecular complexity index is 855. The molecule has 1 aromatic heterocycles. The molecule has 9 N–H and O–H groups in total. The maximum Gasteiger partial charge on any atom is 0.326 e. The molecular weight excluding hydrogens is 432 g/mol. The van der Waals surface area contributed by atoms with Crippen molar-refractivity contribution in [1.29, 1.82) is 0 Å². The van der Waals surface area contributed by atoms with Crippen LogP contribution in [0.2, 0.25) is 0 Å². The Balaban J connectivity index is 3.07. The minimum atomic E-state index is -1.78. The van der Waals surface area contributed by atoms with Gasteiger partial charge in [0.1, 0.15) is 18.1 Å². The molecule has 0 saturated heterocycles. The average Bonchev–Trinajstić information content (AvgIpc) is 3.18. The molecule has 0 aromatic carbocycles. The molecule has 1 heterocycles. The van der Waals surface area contributed by atoms with E-state index in [0.29, 0.717) is 5.69 Å². The molecule has 0 aliphatic carbocycles. The molecule has 0 spiro atoms. The molecule has 1 aromatic rings. The van der Waals surface area contributed by atoms with Crippen LogP contribution < -0.4 is 21.7 Å². The topological polar surface area (TPSA) is 254 Å². The van der Waals surface area contributed by atoms with Crippen LogP contribution >= 0.6 is 0 Å². The summed E-state index contributed by atoms with van der Waals surface area (Å²) in [7, 11) is 0. The fraction of sp³-hybridized carbons (Fsp3) is 0.471. The first-order valence-electron chi connectivity index (χ1n) is 9.21. The van der Waals surface area contributed by atoms with Crippen LogP contribution in [0, 0.1) is 0 Å². The fourth-order valence-electron chi connectivity index (χ4n) is 2.43. The van der Waals surface area contributed by atoms with Crippen molar-refractivity contribution in [2.75, 3.05) is 0 Å². The summed E-state index contributed by atoms with van der Waals surface area (Å²) < 4.78 is 0. The van der Waals surface area contributed by atoms with Gasteiger partial charge in [-0.2, -0.15) is 0 Å². The number of imidazole rings is 1. The Labute approximate surface area is 180 Å². The number of nitrogens with one attached hydrogen (secondary N) is 4. The summed E-state index contributed by atoms with van der Waals surface area (Å²) in [6, 6.07) is -5.87. The fourth-order valence-corrected chi connectivity index (χ4v) is 2.43. The van der Waals surface area contributed by atoms with Crippen molar-refractivity contribution in [3.05, 3.63) is 18.2 Å². The molecule has 4 atom stereocenters. The summed E-state index contributed by atoms with van der Waals surface area (Å²) in [5.74, 6) is -7.42. The van der Waals surface area contributed by atoms with Crippen molar-refractivity contribution >= 4 is 35.6 Å². The third-order valence-electron chi connectivity index (χ3n) is 4.03. The van der Waals surface area contributed by atoms with E-state index >= 15 is 0 Å². The van der Waals surface area contributed by atoms with Crippen LogP contribution in [0.4, 0.5) is 0 Å². The Hall–Kier alpha value is -4.01. The number of nitrogens with zero attached hydrogens (tertiary/aromatic N) is 1. The van der Waals surface area contributed by atoms with Gasteiger partial charge in [-0.15, -0.1) is 0 Å². The molecule has 0 aliphatic rings. The van der Waals surface area contributed by atoms with Crippen molar-refractivity contribution in [1.82, 2.24) is 25.9 Å². The number of amides is 3. The van der Waals surface area contributed by atoms with E-state index in [1.165, 1.54) is 19.4 Å². The van der Waals surface area contributed by atoms with Crippen LogP contribution in [0.3, 0.4) is 0 Å². The standard InChI is InChI=1S/C17H24N6O9/c1-7(18)14(28)21-10(3-12(24)25)16(30)22-9(2-8-5-19-6-20-8)15(29)23-11(17(31)32)4-13(26)27/h5-7,9-11H,2-4,18H2,1H3,(H,19,20)(H,21,28)(H,22,30)(H,23,29)(H,24,25)(H,26,27)(H,31,32). The second-order valence-corrected chi connectivity index (χ2v) is 6.79. The number of aromatic amines is 1. The zero-order chi connectivity index (χ0) is 24.4. The summed E-state index contributed by atoms with van der Waals surface area (Å²) in [6.07, 6.45) is 0.646. The second kappa shape index (κ2) is 12.0. The first kappa shape index (κ1) is 26.0. The normalized spacial score (nSPS) is 14.3. The van der Waals surface area contributed by atoms with E-state index in [1.54, 1.807) is 0 Å². The Kier molecular flexibility index (Phi) is 9.75. The van der Waals surface area contributed by atoms with E-state index < -0.39 is 72.6 Å². The van der Waals surface area contributed by atoms with Gasteiger partial charge in [-0.3, -0.25) is 24.0 Å². The number of carboxylic acids is 3. The molecular formula is C17H24N6O9. The predicted molar refractivity (Wildman–Crippen MR) is 104 cm³/mol. The van der Waals surface area contributed by atoms with E-state index in [9.17, 15) is 28.8 Å². The third kappa shape index (κ3) is 8.78. The maximum atomic E-state index is 12.6. The summed E-state index contributed by atoms with van der Waals surface area (Å²) in [4.78, 5) is 76.7. The van der Waals surface area contributed by atoms with Gasteiger partial charge in [0.25, 0.3) is 0 Å². The van der Waals surface area contributed by atoms with E-state index in [4.69, 9.17) is 21.1 Å². The van der Waals surface area contributed by atoms with Crippen molar-refractivity contribution in [2.45, 2.75) is 50.4 Å². The largest absolute Gasteiger partial charge is 0.481 e. The number of rotatable bonds is 13. The van der Waals surface area contributed by atoms with Gasteiger partial charge in [0.2, 0.25) is 17.7 Å². The zero-order valence-corrected chi connectivity index (χ0v) is 16.9. The minimum absolute atomic E-state index is 0.224. The SMILES string of the molecule is CC(N)C(=O)NC(CC(=O)O)C(=O)NC(Cc1cnc[nH]1)C(=O)NC(CC(=O)O)C(=O)O.